The van der Waals surface area contributed by atoms with E-state index in [1.165, 1.54) is 16.9 Å². The first kappa shape index (κ1) is 15.2. The van der Waals surface area contributed by atoms with Crippen LogP contribution in [0.2, 0.25) is 0 Å². The van der Waals surface area contributed by atoms with Gasteiger partial charge in [-0.05, 0) is 26.0 Å². The highest BCUT2D eigenvalue weighted by Gasteiger charge is 2.18. The minimum absolute atomic E-state index is 0.100. The maximum absolute atomic E-state index is 12.6. The Hall–Kier alpha value is -2.66. The summed E-state index contributed by atoms with van der Waals surface area (Å²) in [4.78, 5) is 17.3. The molecular formula is C18H17N3OS. The van der Waals surface area contributed by atoms with Crippen molar-refractivity contribution in [3.05, 3.63) is 70.1 Å². The average molecular weight is 323 g/mol. The van der Waals surface area contributed by atoms with Crippen LogP contribution in [0.3, 0.4) is 0 Å². The second kappa shape index (κ2) is 6.22. The van der Waals surface area contributed by atoms with E-state index in [2.05, 4.69) is 10.3 Å². The van der Waals surface area contributed by atoms with Gasteiger partial charge in [-0.1, -0.05) is 58.9 Å². The molecule has 4 nitrogen and oxygen atoms in total. The molecule has 0 aliphatic heterocycles. The molecule has 116 valence electrons. The zero-order valence-corrected chi connectivity index (χ0v) is 13.8. The van der Waals surface area contributed by atoms with E-state index in [1.807, 2.05) is 62.4 Å². The van der Waals surface area contributed by atoms with Crippen LogP contribution < -0.4 is 11.1 Å². The second-order valence-corrected chi connectivity index (χ2v) is 6.42. The summed E-state index contributed by atoms with van der Waals surface area (Å²) >= 11 is 1.27. The highest BCUT2D eigenvalue weighted by Crippen LogP contribution is 2.29. The topological polar surface area (TPSA) is 68.0 Å². The van der Waals surface area contributed by atoms with Gasteiger partial charge in [0.25, 0.3) is 0 Å². The van der Waals surface area contributed by atoms with Crippen molar-refractivity contribution < 1.29 is 4.79 Å². The van der Waals surface area contributed by atoms with E-state index in [9.17, 15) is 4.79 Å². The molecule has 5 heteroatoms. The number of benzene rings is 2. The van der Waals surface area contributed by atoms with Gasteiger partial charge in [-0.3, -0.25) is 4.79 Å². The van der Waals surface area contributed by atoms with Crippen molar-refractivity contribution in [3.63, 3.8) is 0 Å². The number of hydrogen-bond acceptors (Lipinski definition) is 5. The minimum atomic E-state index is -0.100. The first-order valence-corrected chi connectivity index (χ1v) is 8.06. The molecule has 23 heavy (non-hydrogen) atoms. The van der Waals surface area contributed by atoms with Gasteiger partial charge in [0.2, 0.25) is 5.78 Å². The fraction of sp³-hybridized carbons (Fsp3) is 0.111. The maximum atomic E-state index is 12.6. The summed E-state index contributed by atoms with van der Waals surface area (Å²) < 4.78 is 0. The van der Waals surface area contributed by atoms with E-state index >= 15 is 0 Å². The minimum Gasteiger partial charge on any atom is -0.382 e. The molecular weight excluding hydrogens is 306 g/mol. The van der Waals surface area contributed by atoms with Crippen molar-refractivity contribution in [1.82, 2.24) is 4.98 Å². The monoisotopic (exact) mass is 323 g/mol. The average Bonchev–Trinajstić information content (AvgIpc) is 2.90. The molecule has 0 amide bonds. The van der Waals surface area contributed by atoms with E-state index < -0.39 is 0 Å². The van der Waals surface area contributed by atoms with Crippen LogP contribution in [0.5, 0.6) is 0 Å². The van der Waals surface area contributed by atoms with Crippen molar-refractivity contribution in [2.75, 3.05) is 11.1 Å². The first-order valence-electron chi connectivity index (χ1n) is 7.24. The second-order valence-electron chi connectivity index (χ2n) is 5.42. The molecule has 1 aromatic heterocycles. The fourth-order valence-corrected chi connectivity index (χ4v) is 3.01. The predicted molar refractivity (Wildman–Crippen MR) is 95.6 cm³/mol. The largest absolute Gasteiger partial charge is 0.382 e. The van der Waals surface area contributed by atoms with Crippen molar-refractivity contribution in [2.45, 2.75) is 13.8 Å². The number of thiazole rings is 1. The van der Waals surface area contributed by atoms with Gasteiger partial charge in [0.1, 0.15) is 10.7 Å². The summed E-state index contributed by atoms with van der Waals surface area (Å²) in [5.74, 6) is 0.159. The molecule has 0 radical (unpaired) electrons. The fourth-order valence-electron chi connectivity index (χ4n) is 2.14. The third-order valence-corrected chi connectivity index (χ3v) is 4.46. The van der Waals surface area contributed by atoms with Gasteiger partial charge >= 0.3 is 0 Å². The normalized spacial score (nSPS) is 10.5. The molecule has 1 heterocycles. The highest BCUT2D eigenvalue weighted by molar-refractivity contribution is 7.18. The predicted octanol–water partition coefficient (Wildman–Crippen LogP) is 4.32. The van der Waals surface area contributed by atoms with E-state index in [0.717, 1.165) is 11.3 Å². The third kappa shape index (κ3) is 3.40. The molecule has 0 aliphatic carbocycles. The lowest BCUT2D eigenvalue weighted by atomic mass is 10.1. The van der Waals surface area contributed by atoms with Crippen LogP contribution in [0.25, 0.3) is 0 Å². The Morgan fingerprint density at radius 2 is 1.57 bits per heavy atom. The van der Waals surface area contributed by atoms with Gasteiger partial charge < -0.3 is 11.1 Å². The smallest absolute Gasteiger partial charge is 0.206 e. The number of carbonyl (C=O) groups excluding carboxylic acids is 1. The Labute approximate surface area is 139 Å². The Morgan fingerprint density at radius 3 is 2.17 bits per heavy atom. The number of ketones is 1. The van der Waals surface area contributed by atoms with E-state index in [-0.39, 0.29) is 11.6 Å². The number of nitrogens with zero attached hydrogens (tertiary/aromatic N) is 1. The zero-order valence-electron chi connectivity index (χ0n) is 13.0. The highest BCUT2D eigenvalue weighted by atomic mass is 32.1. The number of nitrogen functional groups attached to an aromatic ring is 1. The number of aromatic nitrogens is 1. The molecule has 0 saturated carbocycles. The molecule has 0 aliphatic rings. The molecule has 3 N–H and O–H groups in total. The Bertz CT molecular complexity index is 836. The van der Waals surface area contributed by atoms with E-state index in [4.69, 9.17) is 5.73 Å². The number of carbonyl (C=O) groups is 1. The van der Waals surface area contributed by atoms with Crippen molar-refractivity contribution >= 4 is 33.8 Å². The van der Waals surface area contributed by atoms with Crippen LogP contribution in [0.15, 0.2) is 48.5 Å². The van der Waals surface area contributed by atoms with Gasteiger partial charge in [-0.2, -0.15) is 0 Å². The number of nitrogens with one attached hydrogen (secondary N) is 1. The third-order valence-electron chi connectivity index (χ3n) is 3.48. The van der Waals surface area contributed by atoms with Crippen LogP contribution in [0.1, 0.15) is 26.4 Å². The lowest BCUT2D eigenvalue weighted by Crippen LogP contribution is -2.02. The van der Waals surface area contributed by atoms with Gasteiger partial charge in [0.05, 0.1) is 0 Å². The summed E-state index contributed by atoms with van der Waals surface area (Å²) in [6.45, 7) is 4.02. The number of hydrogen-bond donors (Lipinski definition) is 2. The molecule has 3 rings (SSSR count). The molecule has 0 atom stereocenters. The molecule has 2 aromatic carbocycles. The molecule has 0 bridgehead atoms. The van der Waals surface area contributed by atoms with Crippen LogP contribution in [0, 0.1) is 13.8 Å². The van der Waals surface area contributed by atoms with Crippen LogP contribution >= 0.6 is 11.3 Å². The van der Waals surface area contributed by atoms with E-state index in [1.54, 1.807) is 0 Å². The van der Waals surface area contributed by atoms with Crippen molar-refractivity contribution in [2.24, 2.45) is 0 Å². The Morgan fingerprint density at radius 1 is 1.00 bits per heavy atom. The molecule has 0 saturated heterocycles. The molecule has 0 unspecified atom stereocenters. The maximum Gasteiger partial charge on any atom is 0.206 e. The number of anilines is 3. The van der Waals surface area contributed by atoms with Crippen LogP contribution in [-0.2, 0) is 0 Å². The van der Waals surface area contributed by atoms with E-state index in [0.29, 0.717) is 15.6 Å². The van der Waals surface area contributed by atoms with Gasteiger partial charge in [-0.15, -0.1) is 0 Å². The summed E-state index contributed by atoms with van der Waals surface area (Å²) in [6.07, 6.45) is 0. The van der Waals surface area contributed by atoms with Crippen molar-refractivity contribution in [1.29, 1.82) is 0 Å². The van der Waals surface area contributed by atoms with Crippen molar-refractivity contribution in [3.8, 4) is 0 Å². The quantitative estimate of drug-likeness (QED) is 0.702. The van der Waals surface area contributed by atoms with Crippen LogP contribution in [0.4, 0.5) is 16.6 Å². The van der Waals surface area contributed by atoms with Gasteiger partial charge in [0.15, 0.2) is 5.13 Å². The number of rotatable bonds is 4. The lowest BCUT2D eigenvalue weighted by molar-refractivity contribution is 0.104. The summed E-state index contributed by atoms with van der Waals surface area (Å²) in [5.41, 5.74) is 9.76. The Balaban J connectivity index is 1.84. The number of aryl methyl sites for hydroxylation is 2. The lowest BCUT2D eigenvalue weighted by Gasteiger charge is -2.02. The summed E-state index contributed by atoms with van der Waals surface area (Å²) in [6, 6.07) is 15.4. The SMILES string of the molecule is Cc1ccc(Nc2nc(N)c(C(=O)c3ccc(C)cc3)s2)cc1. The molecule has 0 fully saturated rings. The van der Waals surface area contributed by atoms with Gasteiger partial charge in [0, 0.05) is 11.3 Å². The molecule has 0 spiro atoms. The first-order chi connectivity index (χ1) is 11.0. The number of nitrogens with two attached hydrogens (primary N) is 1. The standard InChI is InChI=1S/C18H17N3OS/c1-11-3-7-13(8-4-11)15(22)16-17(19)21-18(23-16)20-14-9-5-12(2)6-10-14/h3-10H,19H2,1-2H3,(H,20,21). The van der Waals surface area contributed by atoms with Crippen LogP contribution in [-0.4, -0.2) is 10.8 Å². The summed E-state index contributed by atoms with van der Waals surface area (Å²) in [5, 5.41) is 3.80. The Kier molecular flexibility index (Phi) is 4.12. The molecule has 3 aromatic rings. The zero-order chi connectivity index (χ0) is 16.4. The van der Waals surface area contributed by atoms with Gasteiger partial charge in [-0.25, -0.2) is 4.98 Å². The summed E-state index contributed by atoms with van der Waals surface area (Å²) in [7, 11) is 0.